The SMILES string of the molecule is O=C(c1ccccc1)N1CCCC1c1cccnc1SC1CCCCC1. The molecule has 1 atom stereocenters. The van der Waals surface area contributed by atoms with Crippen molar-refractivity contribution in [3.63, 3.8) is 0 Å². The molecule has 0 radical (unpaired) electrons. The van der Waals surface area contributed by atoms with Gasteiger partial charge in [0.15, 0.2) is 0 Å². The maximum atomic E-state index is 13.0. The fourth-order valence-electron chi connectivity index (χ4n) is 4.18. The van der Waals surface area contributed by atoms with Gasteiger partial charge in [0.1, 0.15) is 5.03 Å². The van der Waals surface area contributed by atoms with E-state index in [-0.39, 0.29) is 11.9 Å². The van der Waals surface area contributed by atoms with Crippen LogP contribution in [0.25, 0.3) is 0 Å². The summed E-state index contributed by atoms with van der Waals surface area (Å²) in [6, 6.07) is 14.0. The van der Waals surface area contributed by atoms with Crippen LogP contribution in [0.3, 0.4) is 0 Å². The molecule has 1 aromatic carbocycles. The maximum Gasteiger partial charge on any atom is 0.254 e. The van der Waals surface area contributed by atoms with E-state index in [1.54, 1.807) is 0 Å². The molecule has 4 rings (SSSR count). The number of nitrogens with zero attached hydrogens (tertiary/aromatic N) is 2. The van der Waals surface area contributed by atoms with Crippen LogP contribution in [0, 0.1) is 0 Å². The largest absolute Gasteiger partial charge is 0.332 e. The van der Waals surface area contributed by atoms with Crippen molar-refractivity contribution in [1.29, 1.82) is 0 Å². The number of pyridine rings is 1. The zero-order valence-corrected chi connectivity index (χ0v) is 16.0. The molecule has 2 heterocycles. The monoisotopic (exact) mass is 366 g/mol. The van der Waals surface area contributed by atoms with Gasteiger partial charge in [-0.25, -0.2) is 4.98 Å². The number of rotatable bonds is 4. The first-order chi connectivity index (χ1) is 12.8. The summed E-state index contributed by atoms with van der Waals surface area (Å²) in [5.74, 6) is 0.144. The predicted octanol–water partition coefficient (Wildman–Crippen LogP) is 5.48. The summed E-state index contributed by atoms with van der Waals surface area (Å²) in [6.07, 6.45) is 10.6. The van der Waals surface area contributed by atoms with Gasteiger partial charge in [-0.05, 0) is 43.9 Å². The Morgan fingerprint density at radius 3 is 2.58 bits per heavy atom. The van der Waals surface area contributed by atoms with E-state index in [4.69, 9.17) is 4.98 Å². The van der Waals surface area contributed by atoms with E-state index in [2.05, 4.69) is 11.0 Å². The first-order valence-corrected chi connectivity index (χ1v) is 10.7. The molecule has 1 aliphatic heterocycles. The second-order valence-electron chi connectivity index (χ2n) is 7.30. The Morgan fingerprint density at radius 2 is 1.77 bits per heavy atom. The molecule has 1 saturated carbocycles. The molecule has 2 fully saturated rings. The third-order valence-electron chi connectivity index (χ3n) is 5.52. The van der Waals surface area contributed by atoms with Gasteiger partial charge in [-0.3, -0.25) is 4.79 Å². The number of aromatic nitrogens is 1. The van der Waals surface area contributed by atoms with Gasteiger partial charge in [-0.2, -0.15) is 0 Å². The maximum absolute atomic E-state index is 13.0. The van der Waals surface area contributed by atoms with Gasteiger partial charge >= 0.3 is 0 Å². The fraction of sp³-hybridized carbons (Fsp3) is 0.455. The summed E-state index contributed by atoms with van der Waals surface area (Å²) in [5, 5.41) is 1.81. The van der Waals surface area contributed by atoms with Crippen molar-refractivity contribution in [2.24, 2.45) is 0 Å². The minimum absolute atomic E-state index is 0.144. The Balaban J connectivity index is 1.57. The van der Waals surface area contributed by atoms with Crippen molar-refractivity contribution in [2.45, 2.75) is 61.3 Å². The van der Waals surface area contributed by atoms with Crippen molar-refractivity contribution in [2.75, 3.05) is 6.54 Å². The molecular weight excluding hydrogens is 340 g/mol. The lowest BCUT2D eigenvalue weighted by Gasteiger charge is -2.28. The van der Waals surface area contributed by atoms with Gasteiger partial charge in [-0.15, -0.1) is 11.8 Å². The first-order valence-electron chi connectivity index (χ1n) is 9.80. The topological polar surface area (TPSA) is 33.2 Å². The molecule has 4 heteroatoms. The summed E-state index contributed by atoms with van der Waals surface area (Å²) >= 11 is 1.94. The van der Waals surface area contributed by atoms with Gasteiger partial charge in [0.25, 0.3) is 5.91 Å². The quantitative estimate of drug-likeness (QED) is 0.718. The molecule has 26 heavy (non-hydrogen) atoms. The van der Waals surface area contributed by atoms with Crippen LogP contribution in [0.15, 0.2) is 53.7 Å². The fourth-order valence-corrected chi connectivity index (χ4v) is 5.52. The van der Waals surface area contributed by atoms with E-state index in [1.165, 1.54) is 37.7 Å². The van der Waals surface area contributed by atoms with Crippen molar-refractivity contribution in [3.8, 4) is 0 Å². The Labute approximate surface area is 160 Å². The molecule has 2 aliphatic rings. The molecule has 1 saturated heterocycles. The van der Waals surface area contributed by atoms with Gasteiger partial charge < -0.3 is 4.90 Å². The number of amides is 1. The number of hydrogen-bond acceptors (Lipinski definition) is 3. The molecule has 0 bridgehead atoms. The minimum Gasteiger partial charge on any atom is -0.332 e. The summed E-state index contributed by atoms with van der Waals surface area (Å²) in [7, 11) is 0. The molecule has 2 aromatic rings. The zero-order valence-electron chi connectivity index (χ0n) is 15.1. The average molecular weight is 367 g/mol. The lowest BCUT2D eigenvalue weighted by Crippen LogP contribution is -2.31. The van der Waals surface area contributed by atoms with Gasteiger partial charge in [-0.1, -0.05) is 43.5 Å². The van der Waals surface area contributed by atoms with Crippen LogP contribution in [0.4, 0.5) is 0 Å². The van der Waals surface area contributed by atoms with E-state index < -0.39 is 0 Å². The van der Waals surface area contributed by atoms with Crippen LogP contribution in [0.5, 0.6) is 0 Å². The van der Waals surface area contributed by atoms with Crippen LogP contribution in [0.2, 0.25) is 0 Å². The number of carbonyl (C=O) groups excluding carboxylic acids is 1. The van der Waals surface area contributed by atoms with Crippen molar-refractivity contribution in [1.82, 2.24) is 9.88 Å². The molecular formula is C22H26N2OS. The summed E-state index contributed by atoms with van der Waals surface area (Å²) in [6.45, 7) is 0.834. The van der Waals surface area contributed by atoms with Crippen LogP contribution < -0.4 is 0 Å². The highest BCUT2D eigenvalue weighted by atomic mass is 32.2. The Morgan fingerprint density at radius 1 is 0.962 bits per heavy atom. The Hall–Kier alpha value is -1.81. The molecule has 0 spiro atoms. The average Bonchev–Trinajstić information content (AvgIpc) is 3.19. The molecule has 1 aliphatic carbocycles. The van der Waals surface area contributed by atoms with E-state index in [1.807, 2.05) is 54.4 Å². The Kier molecular flexibility index (Phi) is 5.59. The predicted molar refractivity (Wildman–Crippen MR) is 106 cm³/mol. The second kappa shape index (κ2) is 8.26. The summed E-state index contributed by atoms with van der Waals surface area (Å²) in [5.41, 5.74) is 2.02. The van der Waals surface area contributed by atoms with E-state index in [0.29, 0.717) is 5.25 Å². The number of benzene rings is 1. The van der Waals surface area contributed by atoms with E-state index in [9.17, 15) is 4.79 Å². The normalized spacial score (nSPS) is 21.1. The molecule has 136 valence electrons. The lowest BCUT2D eigenvalue weighted by molar-refractivity contribution is 0.0733. The molecule has 1 aromatic heterocycles. The van der Waals surface area contributed by atoms with Gasteiger partial charge in [0.05, 0.1) is 6.04 Å². The van der Waals surface area contributed by atoms with Crippen LogP contribution >= 0.6 is 11.8 Å². The minimum atomic E-state index is 0.144. The van der Waals surface area contributed by atoms with E-state index >= 15 is 0 Å². The highest BCUT2D eigenvalue weighted by Gasteiger charge is 2.32. The number of likely N-dealkylation sites (tertiary alicyclic amines) is 1. The van der Waals surface area contributed by atoms with Crippen molar-refractivity contribution >= 4 is 17.7 Å². The first kappa shape index (κ1) is 17.6. The van der Waals surface area contributed by atoms with Gasteiger partial charge in [0, 0.05) is 29.1 Å². The Bertz CT molecular complexity index is 743. The van der Waals surface area contributed by atoms with Crippen LogP contribution in [0.1, 0.15) is 66.9 Å². The number of carbonyl (C=O) groups is 1. The number of hydrogen-bond donors (Lipinski definition) is 0. The van der Waals surface area contributed by atoms with Crippen molar-refractivity contribution < 1.29 is 4.79 Å². The molecule has 1 unspecified atom stereocenters. The van der Waals surface area contributed by atoms with Gasteiger partial charge in [0.2, 0.25) is 0 Å². The third-order valence-corrected chi connectivity index (χ3v) is 6.89. The summed E-state index contributed by atoms with van der Waals surface area (Å²) in [4.78, 5) is 19.8. The standard InChI is InChI=1S/C22H26N2OS/c25-22(17-9-3-1-4-10-17)24-16-8-14-20(24)19-13-7-15-23-21(19)26-18-11-5-2-6-12-18/h1,3-4,7,9-10,13,15,18,20H,2,5-6,8,11-12,14,16H2. The highest BCUT2D eigenvalue weighted by molar-refractivity contribution is 7.99. The van der Waals surface area contributed by atoms with Crippen LogP contribution in [-0.2, 0) is 0 Å². The molecule has 3 nitrogen and oxygen atoms in total. The number of thioether (sulfide) groups is 1. The molecule has 1 amide bonds. The zero-order chi connectivity index (χ0) is 17.8. The molecule has 0 N–H and O–H groups in total. The summed E-state index contributed by atoms with van der Waals surface area (Å²) < 4.78 is 0. The highest BCUT2D eigenvalue weighted by Crippen LogP contribution is 2.40. The lowest BCUT2D eigenvalue weighted by atomic mass is 10.0. The third kappa shape index (κ3) is 3.80. The second-order valence-corrected chi connectivity index (χ2v) is 8.59. The van der Waals surface area contributed by atoms with Crippen molar-refractivity contribution in [3.05, 3.63) is 59.8 Å². The van der Waals surface area contributed by atoms with E-state index in [0.717, 1.165) is 30.0 Å². The smallest absolute Gasteiger partial charge is 0.254 e. The van der Waals surface area contributed by atoms with Crippen LogP contribution in [-0.4, -0.2) is 27.6 Å².